The third kappa shape index (κ3) is 1.28. The molecule has 2 heterocycles. The van der Waals surface area contributed by atoms with E-state index in [9.17, 15) is 10.1 Å². The van der Waals surface area contributed by atoms with Crippen LogP contribution in [0.5, 0.6) is 0 Å². The monoisotopic (exact) mass is 196 g/mol. The van der Waals surface area contributed by atoms with Crippen LogP contribution in [0.4, 0.5) is 11.9 Å². The van der Waals surface area contributed by atoms with Gasteiger partial charge in [0.05, 0.1) is 6.07 Å². The van der Waals surface area contributed by atoms with Gasteiger partial charge >= 0.3 is 11.9 Å². The third-order valence-electron chi connectivity index (χ3n) is 1.43. The number of aromatic nitrogens is 2. The molecule has 8 nitrogen and oxygen atoms in total. The van der Waals surface area contributed by atoms with E-state index in [-0.39, 0.29) is 23.5 Å². The predicted molar refractivity (Wildman–Crippen MR) is 43.1 cm³/mol. The van der Waals surface area contributed by atoms with Gasteiger partial charge in [-0.15, -0.1) is 0 Å². The Bertz CT molecular complexity index is 474. The molecule has 0 saturated heterocycles. The number of nitrogens with two attached hydrogens (primary N) is 1. The zero-order valence-electron chi connectivity index (χ0n) is 6.71. The highest BCUT2D eigenvalue weighted by atomic mass is 16.6. The highest BCUT2D eigenvalue weighted by Gasteiger charge is 2.16. The van der Waals surface area contributed by atoms with Gasteiger partial charge in [0.2, 0.25) is 5.82 Å². The molecular formula is C6H4N4O4. The molecule has 0 aliphatic rings. The molecule has 0 aliphatic carbocycles. The Hall–Kier alpha value is -2.38. The molecule has 0 spiro atoms. The van der Waals surface area contributed by atoms with Gasteiger partial charge in [0.25, 0.3) is 0 Å². The number of hydrogen-bond donors (Lipinski definition) is 1. The molecule has 72 valence electrons. The molecule has 2 rings (SSSR count). The van der Waals surface area contributed by atoms with E-state index in [0.717, 1.165) is 0 Å². The summed E-state index contributed by atoms with van der Waals surface area (Å²) in [6.07, 6.45) is 0. The summed E-state index contributed by atoms with van der Waals surface area (Å²) < 4.78 is 9.28. The van der Waals surface area contributed by atoms with Gasteiger partial charge in [-0.25, -0.2) is 0 Å². The van der Waals surface area contributed by atoms with Crippen LogP contribution in [0.25, 0.3) is 11.6 Å². The molecule has 2 aromatic rings. The quantitative estimate of drug-likeness (QED) is 0.557. The zero-order valence-corrected chi connectivity index (χ0v) is 6.71. The van der Waals surface area contributed by atoms with E-state index < -0.39 is 4.92 Å². The smallest absolute Gasteiger partial charge is 0.397 e. The number of furan rings is 1. The lowest BCUT2D eigenvalue weighted by molar-refractivity contribution is -0.401. The summed E-state index contributed by atoms with van der Waals surface area (Å²) in [4.78, 5) is 13.3. The van der Waals surface area contributed by atoms with Crippen molar-refractivity contribution < 1.29 is 13.9 Å². The fraction of sp³-hybridized carbons (Fsp3) is 0. The van der Waals surface area contributed by atoms with Crippen molar-refractivity contribution in [1.29, 1.82) is 0 Å². The van der Waals surface area contributed by atoms with E-state index in [4.69, 9.17) is 10.2 Å². The van der Waals surface area contributed by atoms with Gasteiger partial charge in [0.1, 0.15) is 4.92 Å². The molecule has 0 bridgehead atoms. The van der Waals surface area contributed by atoms with Gasteiger partial charge in [-0.2, -0.15) is 4.98 Å². The minimum Gasteiger partial charge on any atom is -0.397 e. The highest BCUT2D eigenvalue weighted by Crippen LogP contribution is 2.23. The van der Waals surface area contributed by atoms with Crippen LogP contribution in [-0.2, 0) is 0 Å². The average Bonchev–Trinajstić information content (AvgIpc) is 2.70. The van der Waals surface area contributed by atoms with Crippen molar-refractivity contribution in [3.05, 3.63) is 22.2 Å². The van der Waals surface area contributed by atoms with Crippen LogP contribution in [0.1, 0.15) is 0 Å². The van der Waals surface area contributed by atoms with E-state index in [2.05, 4.69) is 14.7 Å². The molecule has 2 N–H and O–H groups in total. The van der Waals surface area contributed by atoms with Gasteiger partial charge < -0.3 is 14.7 Å². The standard InChI is InChI=1S/C6H4N4O4/c7-6-8-5(9-14-6)3-1-2-4(13-3)10(11)12/h1-2H,(H2,7,8,9). The maximum Gasteiger partial charge on any atom is 0.433 e. The Morgan fingerprint density at radius 2 is 2.29 bits per heavy atom. The molecule has 14 heavy (non-hydrogen) atoms. The molecule has 0 radical (unpaired) electrons. The van der Waals surface area contributed by atoms with E-state index in [1.807, 2.05) is 0 Å². The fourth-order valence-corrected chi connectivity index (χ4v) is 0.881. The van der Waals surface area contributed by atoms with Crippen LogP contribution in [0.3, 0.4) is 0 Å². The van der Waals surface area contributed by atoms with Gasteiger partial charge in [0, 0.05) is 0 Å². The number of anilines is 1. The van der Waals surface area contributed by atoms with Crippen molar-refractivity contribution in [3.8, 4) is 11.6 Å². The summed E-state index contributed by atoms with van der Waals surface area (Å²) in [5.41, 5.74) is 5.17. The topological polar surface area (TPSA) is 121 Å². The molecule has 8 heteroatoms. The second-order valence-electron chi connectivity index (χ2n) is 2.35. The number of nitro groups is 1. The largest absolute Gasteiger partial charge is 0.433 e. The first-order chi connectivity index (χ1) is 6.66. The van der Waals surface area contributed by atoms with Crippen LogP contribution in [0.15, 0.2) is 21.1 Å². The Labute approximate surface area is 76.5 Å². The number of nitrogens with zero attached hydrogens (tertiary/aromatic N) is 3. The minimum atomic E-state index is -0.660. The lowest BCUT2D eigenvalue weighted by Gasteiger charge is -1.83. The average molecular weight is 196 g/mol. The van der Waals surface area contributed by atoms with Gasteiger partial charge in [0.15, 0.2) is 5.76 Å². The highest BCUT2D eigenvalue weighted by molar-refractivity contribution is 5.49. The van der Waals surface area contributed by atoms with E-state index in [0.29, 0.717) is 0 Å². The van der Waals surface area contributed by atoms with Crippen LogP contribution in [0.2, 0.25) is 0 Å². The minimum absolute atomic E-state index is 0.0793. The molecule has 0 aromatic carbocycles. The van der Waals surface area contributed by atoms with Gasteiger partial charge in [-0.3, -0.25) is 10.1 Å². The molecule has 2 aromatic heterocycles. The predicted octanol–water partition coefficient (Wildman–Crippen LogP) is 0.820. The summed E-state index contributed by atoms with van der Waals surface area (Å²) in [6.45, 7) is 0. The SMILES string of the molecule is Nc1nc(-c2ccc([N+](=O)[O-])o2)no1. The van der Waals surface area contributed by atoms with Crippen molar-refractivity contribution in [1.82, 2.24) is 10.1 Å². The van der Waals surface area contributed by atoms with Crippen molar-refractivity contribution in [2.24, 2.45) is 0 Å². The second-order valence-corrected chi connectivity index (χ2v) is 2.35. The fourth-order valence-electron chi connectivity index (χ4n) is 0.881. The van der Waals surface area contributed by atoms with Crippen molar-refractivity contribution in [2.75, 3.05) is 5.73 Å². The van der Waals surface area contributed by atoms with Crippen molar-refractivity contribution in [2.45, 2.75) is 0 Å². The first-order valence-electron chi connectivity index (χ1n) is 3.50. The molecular weight excluding hydrogens is 192 g/mol. The van der Waals surface area contributed by atoms with Gasteiger partial charge in [-0.1, -0.05) is 5.16 Å². The Morgan fingerprint density at radius 3 is 2.79 bits per heavy atom. The molecule has 0 aliphatic heterocycles. The number of rotatable bonds is 2. The van der Waals surface area contributed by atoms with Gasteiger partial charge in [-0.05, 0) is 6.07 Å². The summed E-state index contributed by atoms with van der Waals surface area (Å²) in [5.74, 6) is -0.170. The molecule has 0 fully saturated rings. The Balaban J connectivity index is 2.38. The molecule has 0 saturated carbocycles. The molecule has 0 atom stereocenters. The summed E-state index contributed by atoms with van der Waals surface area (Å²) in [6, 6.07) is 2.43. The lowest BCUT2D eigenvalue weighted by atomic mass is 10.4. The normalized spacial score (nSPS) is 10.3. The molecule has 0 unspecified atom stereocenters. The van der Waals surface area contributed by atoms with Crippen molar-refractivity contribution >= 4 is 11.9 Å². The maximum absolute atomic E-state index is 10.3. The third-order valence-corrected chi connectivity index (χ3v) is 1.43. The number of nitrogen functional groups attached to an aromatic ring is 1. The van der Waals surface area contributed by atoms with Crippen LogP contribution in [0, 0.1) is 10.1 Å². The van der Waals surface area contributed by atoms with Crippen LogP contribution < -0.4 is 5.73 Å². The zero-order chi connectivity index (χ0) is 10.1. The van der Waals surface area contributed by atoms with E-state index in [1.54, 1.807) is 0 Å². The van der Waals surface area contributed by atoms with E-state index in [1.165, 1.54) is 12.1 Å². The maximum atomic E-state index is 10.3. The summed E-state index contributed by atoms with van der Waals surface area (Å²) in [7, 11) is 0. The van der Waals surface area contributed by atoms with E-state index >= 15 is 0 Å². The Kier molecular flexibility index (Phi) is 1.67. The summed E-state index contributed by atoms with van der Waals surface area (Å²) in [5, 5.41) is 13.7. The molecule has 0 amide bonds. The first-order valence-corrected chi connectivity index (χ1v) is 3.50. The summed E-state index contributed by atoms with van der Waals surface area (Å²) >= 11 is 0. The number of hydrogen-bond acceptors (Lipinski definition) is 7. The van der Waals surface area contributed by atoms with Crippen molar-refractivity contribution in [3.63, 3.8) is 0 Å². The Morgan fingerprint density at radius 1 is 1.50 bits per heavy atom. The second kappa shape index (κ2) is 2.83. The van der Waals surface area contributed by atoms with Crippen LogP contribution in [-0.4, -0.2) is 15.1 Å². The first kappa shape index (κ1) is 8.23. The lowest BCUT2D eigenvalue weighted by Crippen LogP contribution is -1.84. The van der Waals surface area contributed by atoms with Crippen LogP contribution >= 0.6 is 0 Å².